The molecule has 7 nitrogen and oxygen atoms in total. The van der Waals surface area contributed by atoms with Crippen molar-refractivity contribution in [1.29, 1.82) is 5.26 Å². The highest BCUT2D eigenvalue weighted by atomic mass is 127. The van der Waals surface area contributed by atoms with Crippen molar-refractivity contribution in [3.63, 3.8) is 0 Å². The molecule has 3 rings (SSSR count). The van der Waals surface area contributed by atoms with Crippen molar-refractivity contribution in [1.82, 2.24) is 9.66 Å². The highest BCUT2D eigenvalue weighted by molar-refractivity contribution is 14.1. The van der Waals surface area contributed by atoms with E-state index in [-0.39, 0.29) is 12.2 Å². The van der Waals surface area contributed by atoms with E-state index in [2.05, 4.69) is 48.6 Å². The van der Waals surface area contributed by atoms with Crippen LogP contribution in [0, 0.1) is 14.9 Å². The molecular formula is C20H16BrIN4O3. The zero-order valence-corrected chi connectivity index (χ0v) is 19.4. The Morgan fingerprint density at radius 3 is 2.86 bits per heavy atom. The Labute approximate surface area is 189 Å². The molecule has 0 saturated carbocycles. The normalized spacial score (nSPS) is 11.0. The van der Waals surface area contributed by atoms with Crippen molar-refractivity contribution < 1.29 is 9.47 Å². The summed E-state index contributed by atoms with van der Waals surface area (Å²) in [6.45, 7) is 1.85. The van der Waals surface area contributed by atoms with E-state index in [1.165, 1.54) is 11.8 Å². The number of nitrogens with zero attached hydrogens (tertiary/aromatic N) is 4. The van der Waals surface area contributed by atoms with E-state index in [1.54, 1.807) is 24.4 Å². The molecule has 0 N–H and O–H groups in total. The first-order valence-electron chi connectivity index (χ1n) is 8.61. The molecule has 0 fully saturated rings. The summed E-state index contributed by atoms with van der Waals surface area (Å²) in [5.41, 5.74) is 1.12. The van der Waals surface area contributed by atoms with E-state index in [0.29, 0.717) is 34.6 Å². The number of fused-ring (bicyclic) bond motifs is 1. The smallest absolute Gasteiger partial charge is 0.282 e. The van der Waals surface area contributed by atoms with Gasteiger partial charge in [-0.15, -0.1) is 0 Å². The number of rotatable bonds is 6. The van der Waals surface area contributed by atoms with Crippen LogP contribution in [0.4, 0.5) is 0 Å². The van der Waals surface area contributed by atoms with Crippen molar-refractivity contribution in [3.05, 3.63) is 60.1 Å². The number of benzene rings is 2. The van der Waals surface area contributed by atoms with Crippen LogP contribution in [0.1, 0.15) is 18.3 Å². The molecule has 0 amide bonds. The minimum Gasteiger partial charge on any atom is -0.493 e. The van der Waals surface area contributed by atoms with Crippen molar-refractivity contribution in [2.75, 3.05) is 13.7 Å². The summed E-state index contributed by atoms with van der Waals surface area (Å²) in [5.74, 6) is 1.55. The maximum atomic E-state index is 13.0. The number of aromatic nitrogens is 2. The van der Waals surface area contributed by atoms with Crippen LogP contribution in [-0.4, -0.2) is 29.6 Å². The van der Waals surface area contributed by atoms with Gasteiger partial charge in [-0.3, -0.25) is 4.79 Å². The van der Waals surface area contributed by atoms with Crippen LogP contribution in [0.2, 0.25) is 0 Å². The molecule has 0 unspecified atom stereocenters. The van der Waals surface area contributed by atoms with Crippen LogP contribution in [0.15, 0.2) is 44.7 Å². The van der Waals surface area contributed by atoms with Crippen LogP contribution in [0.5, 0.6) is 11.5 Å². The van der Waals surface area contributed by atoms with Crippen molar-refractivity contribution in [2.24, 2.45) is 5.10 Å². The van der Waals surface area contributed by atoms with Gasteiger partial charge in [0, 0.05) is 10.9 Å². The predicted molar refractivity (Wildman–Crippen MR) is 123 cm³/mol. The third-order valence-electron chi connectivity index (χ3n) is 4.05. The molecule has 0 bridgehead atoms. The van der Waals surface area contributed by atoms with Gasteiger partial charge in [0.15, 0.2) is 18.1 Å². The lowest BCUT2D eigenvalue weighted by atomic mass is 10.2. The second kappa shape index (κ2) is 9.37. The summed E-state index contributed by atoms with van der Waals surface area (Å²) in [4.78, 5) is 17.5. The second-order valence-corrected chi connectivity index (χ2v) is 7.96. The molecule has 0 atom stereocenters. The lowest BCUT2D eigenvalue weighted by molar-refractivity contribution is 0.327. The Hall–Kier alpha value is -2.45. The van der Waals surface area contributed by atoms with Gasteiger partial charge in [-0.2, -0.15) is 15.0 Å². The third-order valence-corrected chi connectivity index (χ3v) is 5.34. The van der Waals surface area contributed by atoms with Gasteiger partial charge in [0.2, 0.25) is 0 Å². The average Bonchev–Trinajstić information content (AvgIpc) is 2.72. The fraction of sp³-hybridized carbons (Fsp3) is 0.200. The molecule has 0 aliphatic carbocycles. The number of hydrogen-bond donors (Lipinski definition) is 0. The van der Waals surface area contributed by atoms with E-state index in [4.69, 9.17) is 14.7 Å². The molecule has 9 heteroatoms. The summed E-state index contributed by atoms with van der Waals surface area (Å²) in [6.07, 6.45) is 2.13. The second-order valence-electron chi connectivity index (χ2n) is 5.89. The Bertz CT molecular complexity index is 1200. The third kappa shape index (κ3) is 4.59. The number of hydrogen-bond acceptors (Lipinski definition) is 6. The molecule has 0 saturated heterocycles. The largest absolute Gasteiger partial charge is 0.493 e. The highest BCUT2D eigenvalue weighted by Crippen LogP contribution is 2.33. The molecule has 2 aromatic carbocycles. The van der Waals surface area contributed by atoms with Crippen LogP contribution in [0.3, 0.4) is 0 Å². The molecular weight excluding hydrogens is 551 g/mol. The molecule has 148 valence electrons. The Morgan fingerprint density at radius 2 is 2.17 bits per heavy atom. The van der Waals surface area contributed by atoms with Crippen molar-refractivity contribution in [3.8, 4) is 17.6 Å². The maximum absolute atomic E-state index is 13.0. The minimum atomic E-state index is -0.236. The van der Waals surface area contributed by atoms with Gasteiger partial charge in [0.05, 0.1) is 27.8 Å². The molecule has 29 heavy (non-hydrogen) atoms. The summed E-state index contributed by atoms with van der Waals surface area (Å²) in [6, 6.07) is 10.9. The SMILES string of the molecule is CCc1nc2ccc(Br)cc2c(=O)n1N=Cc1cc(I)c(OCC#N)c(OC)c1. The standard InChI is InChI=1S/C20H16BrIN4O3/c1-3-18-25-16-5-4-13(21)10-14(16)20(27)26(18)24-11-12-8-15(22)19(29-7-6-23)17(9-12)28-2/h4-5,8-11H,3,7H2,1-2H3. The fourth-order valence-electron chi connectivity index (χ4n) is 2.73. The van der Waals surface area contributed by atoms with E-state index < -0.39 is 0 Å². The highest BCUT2D eigenvalue weighted by Gasteiger charge is 2.12. The molecule has 0 spiro atoms. The number of aryl methyl sites for hydroxylation is 1. The summed E-state index contributed by atoms with van der Waals surface area (Å²) in [7, 11) is 1.52. The lowest BCUT2D eigenvalue weighted by Gasteiger charge is -2.11. The first kappa shape index (κ1) is 21.3. The molecule has 3 aromatic rings. The zero-order chi connectivity index (χ0) is 21.0. The van der Waals surface area contributed by atoms with Gasteiger partial charge >= 0.3 is 0 Å². The van der Waals surface area contributed by atoms with Gasteiger partial charge in [0.1, 0.15) is 11.9 Å². The quantitative estimate of drug-likeness (QED) is 0.331. The van der Waals surface area contributed by atoms with Gasteiger partial charge in [-0.05, 0) is 58.5 Å². The Balaban J connectivity index is 2.07. The fourth-order valence-corrected chi connectivity index (χ4v) is 3.87. The van der Waals surface area contributed by atoms with Crippen molar-refractivity contribution in [2.45, 2.75) is 13.3 Å². The molecule has 1 aromatic heterocycles. The number of nitriles is 1. The summed E-state index contributed by atoms with van der Waals surface area (Å²) >= 11 is 5.49. The van der Waals surface area contributed by atoms with E-state index in [0.717, 1.165) is 13.6 Å². The predicted octanol–water partition coefficient (Wildman–Crippen LogP) is 4.12. The zero-order valence-electron chi connectivity index (χ0n) is 15.6. The van der Waals surface area contributed by atoms with E-state index >= 15 is 0 Å². The first-order valence-corrected chi connectivity index (χ1v) is 10.5. The van der Waals surface area contributed by atoms with Gasteiger partial charge in [-0.1, -0.05) is 22.9 Å². The van der Waals surface area contributed by atoms with Crippen LogP contribution < -0.4 is 15.0 Å². The molecule has 0 radical (unpaired) electrons. The van der Waals surface area contributed by atoms with E-state index in [9.17, 15) is 4.79 Å². The van der Waals surface area contributed by atoms with Gasteiger partial charge in [0.25, 0.3) is 5.56 Å². The topological polar surface area (TPSA) is 89.5 Å². The molecule has 1 heterocycles. The maximum Gasteiger partial charge on any atom is 0.282 e. The Morgan fingerprint density at radius 1 is 1.38 bits per heavy atom. The summed E-state index contributed by atoms with van der Waals surface area (Å²) in [5, 5.41) is 13.6. The minimum absolute atomic E-state index is 0.0760. The molecule has 0 aliphatic rings. The van der Waals surface area contributed by atoms with Crippen LogP contribution in [0.25, 0.3) is 10.9 Å². The number of methoxy groups -OCH3 is 1. The average molecular weight is 567 g/mol. The van der Waals surface area contributed by atoms with Gasteiger partial charge in [-0.25, -0.2) is 4.98 Å². The van der Waals surface area contributed by atoms with E-state index in [1.807, 2.05) is 25.1 Å². The van der Waals surface area contributed by atoms with Crippen molar-refractivity contribution >= 4 is 55.6 Å². The first-order chi connectivity index (χ1) is 14.0. The van der Waals surface area contributed by atoms with Crippen LogP contribution in [-0.2, 0) is 6.42 Å². The molecule has 0 aliphatic heterocycles. The number of halogens is 2. The van der Waals surface area contributed by atoms with Gasteiger partial charge < -0.3 is 9.47 Å². The summed E-state index contributed by atoms with van der Waals surface area (Å²) < 4.78 is 13.7. The lowest BCUT2D eigenvalue weighted by Crippen LogP contribution is -2.22. The Kier molecular flexibility index (Phi) is 6.87. The monoisotopic (exact) mass is 566 g/mol. The number of ether oxygens (including phenoxy) is 2. The van der Waals surface area contributed by atoms with Crippen LogP contribution >= 0.6 is 38.5 Å².